The summed E-state index contributed by atoms with van der Waals surface area (Å²) in [6, 6.07) is 11.0. The van der Waals surface area contributed by atoms with Crippen molar-refractivity contribution in [2.24, 2.45) is 5.73 Å². The van der Waals surface area contributed by atoms with E-state index in [1.807, 2.05) is 6.92 Å². The Bertz CT molecular complexity index is 1480. The summed E-state index contributed by atoms with van der Waals surface area (Å²) < 4.78 is 55.3. The van der Waals surface area contributed by atoms with Crippen molar-refractivity contribution in [1.29, 1.82) is 0 Å². The summed E-state index contributed by atoms with van der Waals surface area (Å²) in [5, 5.41) is 6.47. The standard InChI is InChI=1S/C29H34ClF2N5O3S/c1-18-14-34-15-23(37(18)41(2,39)40)7-4-8-24-25(32)16-35-17-26(24)36-29(38)28(33)27(19-9-11-21(30)12-10-19)20-5-3-6-22(31)13-20/h3,5-6,9-13,16-18,23,27-28,34H,4,7-8,14-15,33H2,1-2H3,(H,36,38). The Morgan fingerprint density at radius 2 is 1.90 bits per heavy atom. The van der Waals surface area contributed by atoms with E-state index in [1.54, 1.807) is 36.4 Å². The molecule has 41 heavy (non-hydrogen) atoms. The fourth-order valence-corrected chi connectivity index (χ4v) is 7.08. The van der Waals surface area contributed by atoms with Gasteiger partial charge in [-0.3, -0.25) is 9.78 Å². The monoisotopic (exact) mass is 605 g/mol. The van der Waals surface area contributed by atoms with Crippen LogP contribution in [0.15, 0.2) is 60.9 Å². The van der Waals surface area contributed by atoms with Gasteiger partial charge in [-0.05, 0) is 61.6 Å². The molecule has 1 fully saturated rings. The third-order valence-electron chi connectivity index (χ3n) is 7.32. The summed E-state index contributed by atoms with van der Waals surface area (Å²) in [4.78, 5) is 17.3. The molecule has 2 heterocycles. The van der Waals surface area contributed by atoms with Crippen LogP contribution in [0.5, 0.6) is 0 Å². The van der Waals surface area contributed by atoms with Gasteiger partial charge in [0.1, 0.15) is 11.6 Å². The van der Waals surface area contributed by atoms with E-state index in [4.69, 9.17) is 17.3 Å². The molecule has 1 saturated heterocycles. The zero-order valence-corrected chi connectivity index (χ0v) is 24.4. The Morgan fingerprint density at radius 1 is 1.17 bits per heavy atom. The number of nitrogens with two attached hydrogens (primary N) is 1. The summed E-state index contributed by atoms with van der Waals surface area (Å²) in [6.07, 6.45) is 4.83. The fraction of sp³-hybridized carbons (Fsp3) is 0.379. The number of benzene rings is 2. The van der Waals surface area contributed by atoms with E-state index >= 15 is 0 Å². The molecule has 1 aromatic heterocycles. The largest absolute Gasteiger partial charge is 0.323 e. The molecule has 0 bridgehead atoms. The van der Waals surface area contributed by atoms with Crippen molar-refractivity contribution in [2.45, 2.75) is 50.2 Å². The molecular formula is C29H34ClF2N5O3S. The average Bonchev–Trinajstić information content (AvgIpc) is 2.90. The van der Waals surface area contributed by atoms with Crippen LogP contribution in [0.4, 0.5) is 14.5 Å². The third kappa shape index (κ3) is 7.66. The number of nitrogens with one attached hydrogen (secondary N) is 2. The number of nitrogens with zero attached hydrogens (tertiary/aromatic N) is 2. The Kier molecular flexibility index (Phi) is 10.1. The summed E-state index contributed by atoms with van der Waals surface area (Å²) in [5.41, 5.74) is 8.04. The molecule has 1 amide bonds. The highest BCUT2D eigenvalue weighted by Gasteiger charge is 2.34. The maximum atomic E-state index is 14.9. The number of hydrogen-bond donors (Lipinski definition) is 3. The number of pyridine rings is 1. The van der Waals surface area contributed by atoms with Crippen molar-refractivity contribution in [3.05, 3.63) is 94.3 Å². The lowest BCUT2D eigenvalue weighted by Gasteiger charge is -2.39. The van der Waals surface area contributed by atoms with Crippen molar-refractivity contribution in [1.82, 2.24) is 14.6 Å². The highest BCUT2D eigenvalue weighted by molar-refractivity contribution is 7.88. The van der Waals surface area contributed by atoms with Crippen molar-refractivity contribution in [3.63, 3.8) is 0 Å². The second-order valence-electron chi connectivity index (χ2n) is 10.4. The van der Waals surface area contributed by atoms with Gasteiger partial charge in [0, 0.05) is 41.7 Å². The summed E-state index contributed by atoms with van der Waals surface area (Å²) in [6.45, 7) is 2.91. The minimum absolute atomic E-state index is 0.176. The van der Waals surface area contributed by atoms with Gasteiger partial charge in [-0.25, -0.2) is 17.2 Å². The van der Waals surface area contributed by atoms with Crippen LogP contribution >= 0.6 is 11.6 Å². The first-order chi connectivity index (χ1) is 19.5. The molecule has 4 atom stereocenters. The van der Waals surface area contributed by atoms with Gasteiger partial charge < -0.3 is 16.4 Å². The van der Waals surface area contributed by atoms with Gasteiger partial charge in [-0.2, -0.15) is 4.31 Å². The smallest absolute Gasteiger partial charge is 0.242 e. The molecular weight excluding hydrogens is 572 g/mol. The van der Waals surface area contributed by atoms with Crippen LogP contribution in [0.1, 0.15) is 42.4 Å². The number of sulfonamides is 1. The van der Waals surface area contributed by atoms with E-state index in [0.29, 0.717) is 42.1 Å². The molecule has 8 nitrogen and oxygen atoms in total. The minimum Gasteiger partial charge on any atom is -0.323 e. The zero-order valence-electron chi connectivity index (χ0n) is 22.9. The normalized spacial score (nSPS) is 19.5. The molecule has 0 radical (unpaired) electrons. The van der Waals surface area contributed by atoms with Crippen molar-refractivity contribution in [3.8, 4) is 0 Å². The predicted molar refractivity (Wildman–Crippen MR) is 156 cm³/mol. The van der Waals surface area contributed by atoms with Crippen LogP contribution in [0.3, 0.4) is 0 Å². The molecule has 4 unspecified atom stereocenters. The molecule has 3 aromatic rings. The highest BCUT2D eigenvalue weighted by Crippen LogP contribution is 2.30. The van der Waals surface area contributed by atoms with Crippen LogP contribution in [0.2, 0.25) is 5.02 Å². The number of carbonyl (C=O) groups is 1. The maximum Gasteiger partial charge on any atom is 0.242 e. The first kappa shape index (κ1) is 31.0. The van der Waals surface area contributed by atoms with Crippen LogP contribution in [-0.4, -0.2) is 61.1 Å². The summed E-state index contributed by atoms with van der Waals surface area (Å²) in [5.74, 6) is -2.37. The molecule has 0 saturated carbocycles. The molecule has 1 aliphatic rings. The Hall–Kier alpha value is -2.96. The van der Waals surface area contributed by atoms with E-state index in [0.717, 1.165) is 6.20 Å². The van der Waals surface area contributed by atoms with Gasteiger partial charge >= 0.3 is 0 Å². The highest BCUT2D eigenvalue weighted by atomic mass is 35.5. The van der Waals surface area contributed by atoms with Gasteiger partial charge in [0.25, 0.3) is 0 Å². The molecule has 4 N–H and O–H groups in total. The van der Waals surface area contributed by atoms with Crippen LogP contribution in [0, 0.1) is 11.6 Å². The van der Waals surface area contributed by atoms with Gasteiger partial charge in [-0.15, -0.1) is 0 Å². The maximum absolute atomic E-state index is 14.9. The lowest BCUT2D eigenvalue weighted by molar-refractivity contribution is -0.117. The molecule has 4 rings (SSSR count). The summed E-state index contributed by atoms with van der Waals surface area (Å²) in [7, 11) is -3.41. The zero-order chi connectivity index (χ0) is 29.7. The molecule has 12 heteroatoms. The number of rotatable bonds is 10. The molecule has 1 aliphatic heterocycles. The number of carbonyl (C=O) groups excluding carboxylic acids is 1. The quantitative estimate of drug-likeness (QED) is 0.321. The minimum atomic E-state index is -3.41. The average molecular weight is 606 g/mol. The lowest BCUT2D eigenvalue weighted by atomic mass is 9.85. The van der Waals surface area contributed by atoms with Crippen molar-refractivity contribution < 1.29 is 22.0 Å². The molecule has 2 aromatic carbocycles. The van der Waals surface area contributed by atoms with Gasteiger partial charge in [0.15, 0.2) is 0 Å². The van der Waals surface area contributed by atoms with E-state index < -0.39 is 39.5 Å². The first-order valence-electron chi connectivity index (χ1n) is 13.3. The molecule has 220 valence electrons. The Labute approximate surface area is 244 Å². The SMILES string of the molecule is CC1CNCC(CCCc2c(F)cncc2NC(=O)C(N)C(c2ccc(Cl)cc2)c2cccc(F)c2)N1S(C)(=O)=O. The number of halogens is 3. The van der Waals surface area contributed by atoms with Gasteiger partial charge in [0.05, 0.1) is 30.4 Å². The van der Waals surface area contributed by atoms with E-state index in [2.05, 4.69) is 15.6 Å². The number of piperazine rings is 1. The summed E-state index contributed by atoms with van der Waals surface area (Å²) >= 11 is 6.05. The van der Waals surface area contributed by atoms with Crippen molar-refractivity contribution in [2.75, 3.05) is 24.7 Å². The van der Waals surface area contributed by atoms with Gasteiger partial charge in [-0.1, -0.05) is 35.9 Å². The van der Waals surface area contributed by atoms with E-state index in [9.17, 15) is 22.0 Å². The second kappa shape index (κ2) is 13.3. The molecule has 0 aliphatic carbocycles. The number of aromatic nitrogens is 1. The van der Waals surface area contributed by atoms with Crippen molar-refractivity contribution >= 4 is 33.2 Å². The number of anilines is 1. The predicted octanol–water partition coefficient (Wildman–Crippen LogP) is 4.06. The van der Waals surface area contributed by atoms with Crippen LogP contribution in [-0.2, 0) is 21.2 Å². The third-order valence-corrected chi connectivity index (χ3v) is 9.00. The second-order valence-corrected chi connectivity index (χ2v) is 12.7. The van der Waals surface area contributed by atoms with Crippen LogP contribution in [0.25, 0.3) is 0 Å². The number of hydrogen-bond acceptors (Lipinski definition) is 6. The molecule has 0 spiro atoms. The number of amides is 1. The van der Waals surface area contributed by atoms with Gasteiger partial charge in [0.2, 0.25) is 15.9 Å². The van der Waals surface area contributed by atoms with E-state index in [1.165, 1.54) is 28.9 Å². The topological polar surface area (TPSA) is 117 Å². The van der Waals surface area contributed by atoms with Crippen LogP contribution < -0.4 is 16.4 Å². The lowest BCUT2D eigenvalue weighted by Crippen LogP contribution is -2.57. The Balaban J connectivity index is 1.52. The Morgan fingerprint density at radius 3 is 2.59 bits per heavy atom. The first-order valence-corrected chi connectivity index (χ1v) is 15.6. The van der Waals surface area contributed by atoms with E-state index in [-0.39, 0.29) is 29.8 Å². The fourth-order valence-electron chi connectivity index (χ4n) is 5.51.